The molecule has 1 aliphatic heterocycles. The molecule has 1 saturated carbocycles. The van der Waals surface area contributed by atoms with E-state index in [0.717, 1.165) is 12.8 Å². The van der Waals surface area contributed by atoms with Gasteiger partial charge >= 0.3 is 0 Å². The van der Waals surface area contributed by atoms with E-state index in [1.807, 2.05) is 0 Å². The Morgan fingerprint density at radius 3 is 2.52 bits per heavy atom. The van der Waals surface area contributed by atoms with E-state index < -0.39 is 10.0 Å². The number of benzene rings is 1. The number of nitrogens with zero attached hydrogens (tertiary/aromatic N) is 1. The summed E-state index contributed by atoms with van der Waals surface area (Å²) in [5.41, 5.74) is 0. The van der Waals surface area contributed by atoms with Crippen molar-refractivity contribution in [1.82, 2.24) is 9.62 Å². The van der Waals surface area contributed by atoms with Gasteiger partial charge in [-0.1, -0.05) is 24.4 Å². The van der Waals surface area contributed by atoms with Crippen molar-refractivity contribution in [2.45, 2.75) is 56.4 Å². The van der Waals surface area contributed by atoms with E-state index >= 15 is 0 Å². The predicted octanol–water partition coefficient (Wildman–Crippen LogP) is 3.20. The smallest absolute Gasteiger partial charge is 0.246 e. The van der Waals surface area contributed by atoms with Gasteiger partial charge in [0.05, 0.1) is 6.61 Å². The normalized spacial score (nSPS) is 19.9. The lowest BCUT2D eigenvalue weighted by Crippen LogP contribution is -2.44. The molecular formula is C19H27ClN2O4S. The van der Waals surface area contributed by atoms with Crippen LogP contribution in [0.2, 0.25) is 5.02 Å². The molecule has 1 amide bonds. The van der Waals surface area contributed by atoms with Crippen molar-refractivity contribution in [3.8, 4) is 5.75 Å². The number of ether oxygens (including phenoxy) is 1. The molecule has 3 rings (SSSR count). The molecule has 0 bridgehead atoms. The lowest BCUT2D eigenvalue weighted by molar-refractivity contribution is -0.126. The molecule has 0 radical (unpaired) electrons. The first kappa shape index (κ1) is 20.4. The molecule has 150 valence electrons. The minimum Gasteiger partial charge on any atom is -0.492 e. The lowest BCUT2D eigenvalue weighted by Gasteiger charge is -2.31. The van der Waals surface area contributed by atoms with Crippen LogP contribution in [0.5, 0.6) is 5.75 Å². The number of amides is 1. The molecule has 1 N–H and O–H groups in total. The maximum Gasteiger partial charge on any atom is 0.246 e. The Morgan fingerprint density at radius 2 is 1.89 bits per heavy atom. The molecule has 27 heavy (non-hydrogen) atoms. The van der Waals surface area contributed by atoms with Crippen LogP contribution in [0.3, 0.4) is 0 Å². The Kier molecular flexibility index (Phi) is 6.65. The molecule has 6 nitrogen and oxygen atoms in total. The molecule has 1 saturated heterocycles. The van der Waals surface area contributed by atoms with Gasteiger partial charge in [0.25, 0.3) is 0 Å². The highest BCUT2D eigenvalue weighted by atomic mass is 35.5. The van der Waals surface area contributed by atoms with Crippen LogP contribution in [0.1, 0.15) is 45.4 Å². The number of rotatable bonds is 6. The van der Waals surface area contributed by atoms with Crippen molar-refractivity contribution in [2.75, 3.05) is 19.7 Å². The number of carbonyl (C=O) groups is 1. The summed E-state index contributed by atoms with van der Waals surface area (Å²) in [5, 5.41) is 3.47. The van der Waals surface area contributed by atoms with Crippen molar-refractivity contribution in [1.29, 1.82) is 0 Å². The van der Waals surface area contributed by atoms with Crippen LogP contribution in [0.4, 0.5) is 0 Å². The molecule has 8 heteroatoms. The van der Waals surface area contributed by atoms with Crippen LogP contribution in [-0.4, -0.2) is 44.4 Å². The first-order chi connectivity index (χ1) is 12.9. The number of sulfonamides is 1. The Bertz CT molecular complexity index is 770. The summed E-state index contributed by atoms with van der Waals surface area (Å²) in [4.78, 5) is 12.5. The van der Waals surface area contributed by atoms with E-state index in [2.05, 4.69) is 5.32 Å². The molecule has 2 fully saturated rings. The van der Waals surface area contributed by atoms with E-state index in [-0.39, 0.29) is 16.7 Å². The van der Waals surface area contributed by atoms with Gasteiger partial charge in [0, 0.05) is 30.1 Å². The highest BCUT2D eigenvalue weighted by Crippen LogP contribution is 2.32. The van der Waals surface area contributed by atoms with E-state index in [4.69, 9.17) is 16.3 Å². The number of hydrogen-bond acceptors (Lipinski definition) is 4. The Balaban J connectivity index is 1.66. The van der Waals surface area contributed by atoms with Gasteiger partial charge in [0.2, 0.25) is 15.9 Å². The molecule has 1 aromatic carbocycles. The van der Waals surface area contributed by atoms with Gasteiger partial charge in [0.15, 0.2) is 0 Å². The molecule has 0 atom stereocenters. The average molecular weight is 415 g/mol. The minimum absolute atomic E-state index is 0.0664. The average Bonchev–Trinajstić information content (AvgIpc) is 3.16. The standard InChI is InChI=1S/C19H27ClN2O4S/c1-2-26-17-8-7-15(20)13-18(17)27(24,25)22-11-9-14(10-12-22)19(23)21-16-5-3-4-6-16/h7-8,13-14,16H,2-6,9-12H2,1H3,(H,21,23). The number of piperidine rings is 1. The quantitative estimate of drug-likeness (QED) is 0.775. The number of halogens is 1. The van der Waals surface area contributed by atoms with Crippen LogP contribution in [0, 0.1) is 5.92 Å². The second-order valence-corrected chi connectivity index (χ2v) is 9.54. The summed E-state index contributed by atoms with van der Waals surface area (Å²) in [5.74, 6) is 0.252. The monoisotopic (exact) mass is 414 g/mol. The summed E-state index contributed by atoms with van der Waals surface area (Å²) in [7, 11) is -3.72. The second kappa shape index (κ2) is 8.80. The SMILES string of the molecule is CCOc1ccc(Cl)cc1S(=O)(=O)N1CCC(C(=O)NC2CCCC2)CC1. The predicted molar refractivity (Wildman–Crippen MR) is 105 cm³/mol. The lowest BCUT2D eigenvalue weighted by atomic mass is 9.97. The van der Waals surface area contributed by atoms with Crippen molar-refractivity contribution < 1.29 is 17.9 Å². The van der Waals surface area contributed by atoms with Gasteiger partial charge in [-0.05, 0) is 50.8 Å². The molecule has 2 aliphatic rings. The third-order valence-corrected chi connectivity index (χ3v) is 7.50. The minimum atomic E-state index is -3.72. The maximum atomic E-state index is 13.1. The van der Waals surface area contributed by atoms with Gasteiger partial charge in [-0.25, -0.2) is 8.42 Å². The first-order valence-electron chi connectivity index (χ1n) is 9.64. The number of nitrogens with one attached hydrogen (secondary N) is 1. The van der Waals surface area contributed by atoms with Gasteiger partial charge in [-0.15, -0.1) is 0 Å². The summed E-state index contributed by atoms with van der Waals surface area (Å²) in [6.45, 7) is 2.82. The molecule has 0 unspecified atom stereocenters. The van der Waals surface area contributed by atoms with Crippen LogP contribution in [-0.2, 0) is 14.8 Å². The zero-order valence-corrected chi connectivity index (χ0v) is 17.2. The second-order valence-electron chi connectivity index (χ2n) is 7.19. The fraction of sp³-hybridized carbons (Fsp3) is 0.632. The van der Waals surface area contributed by atoms with Gasteiger partial charge in [0.1, 0.15) is 10.6 Å². The summed E-state index contributed by atoms with van der Waals surface area (Å²) in [6.07, 6.45) is 5.50. The third-order valence-electron chi connectivity index (χ3n) is 5.35. The first-order valence-corrected chi connectivity index (χ1v) is 11.5. The summed E-state index contributed by atoms with van der Waals surface area (Å²) >= 11 is 6.02. The fourth-order valence-electron chi connectivity index (χ4n) is 3.84. The fourth-order valence-corrected chi connectivity index (χ4v) is 5.71. The topological polar surface area (TPSA) is 75.7 Å². The van der Waals surface area contributed by atoms with Gasteiger partial charge < -0.3 is 10.1 Å². The highest BCUT2D eigenvalue weighted by molar-refractivity contribution is 7.89. The van der Waals surface area contributed by atoms with E-state index in [1.165, 1.54) is 23.2 Å². The zero-order valence-electron chi connectivity index (χ0n) is 15.6. The number of hydrogen-bond donors (Lipinski definition) is 1. The van der Waals surface area contributed by atoms with E-state index in [9.17, 15) is 13.2 Å². The van der Waals surface area contributed by atoms with Crippen molar-refractivity contribution >= 4 is 27.5 Å². The van der Waals surface area contributed by atoms with Crippen LogP contribution in [0.15, 0.2) is 23.1 Å². The Labute approximate surface area is 166 Å². The maximum absolute atomic E-state index is 13.1. The van der Waals surface area contributed by atoms with Crippen molar-refractivity contribution in [3.63, 3.8) is 0 Å². The van der Waals surface area contributed by atoms with Gasteiger partial charge in [-0.2, -0.15) is 4.31 Å². The molecular weight excluding hydrogens is 388 g/mol. The molecule has 0 aromatic heterocycles. The van der Waals surface area contributed by atoms with E-state index in [0.29, 0.717) is 49.4 Å². The van der Waals surface area contributed by atoms with Crippen LogP contribution < -0.4 is 10.1 Å². The van der Waals surface area contributed by atoms with Crippen LogP contribution in [0.25, 0.3) is 0 Å². The van der Waals surface area contributed by atoms with Crippen molar-refractivity contribution in [3.05, 3.63) is 23.2 Å². The molecule has 0 spiro atoms. The largest absolute Gasteiger partial charge is 0.492 e. The van der Waals surface area contributed by atoms with Crippen molar-refractivity contribution in [2.24, 2.45) is 5.92 Å². The van der Waals surface area contributed by atoms with Crippen LogP contribution >= 0.6 is 11.6 Å². The molecule has 1 heterocycles. The zero-order chi connectivity index (χ0) is 19.4. The Morgan fingerprint density at radius 1 is 1.22 bits per heavy atom. The Hall–Kier alpha value is -1.31. The summed E-state index contributed by atoms with van der Waals surface area (Å²) < 4.78 is 33.1. The highest BCUT2D eigenvalue weighted by Gasteiger charge is 2.34. The number of carbonyl (C=O) groups excluding carboxylic acids is 1. The third kappa shape index (κ3) is 4.76. The van der Waals surface area contributed by atoms with E-state index in [1.54, 1.807) is 19.1 Å². The van der Waals surface area contributed by atoms with Gasteiger partial charge in [-0.3, -0.25) is 4.79 Å². The summed E-state index contributed by atoms with van der Waals surface area (Å²) in [6, 6.07) is 4.92. The molecule has 1 aromatic rings. The molecule has 1 aliphatic carbocycles.